The van der Waals surface area contributed by atoms with Crippen molar-refractivity contribution in [3.63, 3.8) is 0 Å². The zero-order valence-corrected chi connectivity index (χ0v) is 16.6. The monoisotopic (exact) mass is 404 g/mol. The SMILES string of the molecule is CC1(n2cnc(-c3ccc(F)cc3)c2-c2ccncn2)CCN(Cc2ccon2)C1. The first-order chi connectivity index (χ1) is 14.6. The van der Waals surface area contributed by atoms with Gasteiger partial charge in [0.25, 0.3) is 0 Å². The van der Waals surface area contributed by atoms with Crippen LogP contribution in [0.1, 0.15) is 19.0 Å². The number of likely N-dealkylation sites (tertiary alicyclic amines) is 1. The molecule has 0 aliphatic carbocycles. The normalized spacial score (nSPS) is 19.4. The van der Waals surface area contributed by atoms with Gasteiger partial charge in [0.15, 0.2) is 0 Å². The number of halogens is 1. The Morgan fingerprint density at radius 2 is 2.00 bits per heavy atom. The molecular formula is C22H21FN6O. The summed E-state index contributed by atoms with van der Waals surface area (Å²) in [5, 5.41) is 4.03. The van der Waals surface area contributed by atoms with E-state index in [0.29, 0.717) is 0 Å². The van der Waals surface area contributed by atoms with E-state index < -0.39 is 0 Å². The summed E-state index contributed by atoms with van der Waals surface area (Å²) in [4.78, 5) is 15.6. The summed E-state index contributed by atoms with van der Waals surface area (Å²) in [7, 11) is 0. The number of aromatic nitrogens is 5. The van der Waals surface area contributed by atoms with E-state index in [2.05, 4.69) is 31.5 Å². The number of hydrogen-bond acceptors (Lipinski definition) is 6. The molecule has 8 heteroatoms. The van der Waals surface area contributed by atoms with Crippen molar-refractivity contribution in [3.8, 4) is 22.6 Å². The van der Waals surface area contributed by atoms with E-state index in [1.54, 1.807) is 24.6 Å². The lowest BCUT2D eigenvalue weighted by Gasteiger charge is -2.28. The van der Waals surface area contributed by atoms with Crippen LogP contribution in [-0.2, 0) is 12.1 Å². The Kier molecular flexibility index (Phi) is 4.63. The Morgan fingerprint density at radius 3 is 2.73 bits per heavy atom. The van der Waals surface area contributed by atoms with Gasteiger partial charge in [0.05, 0.1) is 34.6 Å². The summed E-state index contributed by atoms with van der Waals surface area (Å²) in [6, 6.07) is 10.2. The van der Waals surface area contributed by atoms with Crippen LogP contribution in [0.2, 0.25) is 0 Å². The summed E-state index contributed by atoms with van der Waals surface area (Å²) < 4.78 is 20.6. The molecule has 3 aromatic heterocycles. The van der Waals surface area contributed by atoms with Crippen molar-refractivity contribution >= 4 is 0 Å². The van der Waals surface area contributed by atoms with E-state index in [-0.39, 0.29) is 11.4 Å². The van der Waals surface area contributed by atoms with E-state index in [1.165, 1.54) is 18.5 Å². The van der Waals surface area contributed by atoms with Crippen molar-refractivity contribution in [2.24, 2.45) is 0 Å². The average molecular weight is 404 g/mol. The van der Waals surface area contributed by atoms with Crippen molar-refractivity contribution in [2.75, 3.05) is 13.1 Å². The number of rotatable bonds is 5. The molecule has 1 unspecified atom stereocenters. The van der Waals surface area contributed by atoms with E-state index in [9.17, 15) is 4.39 Å². The quantitative estimate of drug-likeness (QED) is 0.504. The minimum Gasteiger partial charge on any atom is -0.364 e. The maximum atomic E-state index is 13.5. The van der Waals surface area contributed by atoms with Crippen LogP contribution in [0.25, 0.3) is 22.6 Å². The van der Waals surface area contributed by atoms with Crippen molar-refractivity contribution in [3.05, 3.63) is 73.0 Å². The molecule has 0 amide bonds. The fourth-order valence-electron chi connectivity index (χ4n) is 4.17. The third-order valence-electron chi connectivity index (χ3n) is 5.70. The molecule has 1 aromatic carbocycles. The van der Waals surface area contributed by atoms with Gasteiger partial charge in [0.2, 0.25) is 0 Å². The van der Waals surface area contributed by atoms with E-state index in [0.717, 1.165) is 54.4 Å². The first kappa shape index (κ1) is 18.6. The lowest BCUT2D eigenvalue weighted by atomic mass is 9.99. The van der Waals surface area contributed by atoms with Gasteiger partial charge in [-0.25, -0.2) is 19.3 Å². The van der Waals surface area contributed by atoms with Crippen LogP contribution in [0.5, 0.6) is 0 Å². The third kappa shape index (κ3) is 3.39. The Hall–Kier alpha value is -3.39. The topological polar surface area (TPSA) is 72.9 Å². The molecule has 7 nitrogen and oxygen atoms in total. The fraction of sp³-hybridized carbons (Fsp3) is 0.273. The summed E-state index contributed by atoms with van der Waals surface area (Å²) in [6.07, 6.45) is 7.69. The van der Waals surface area contributed by atoms with Gasteiger partial charge in [0, 0.05) is 37.5 Å². The van der Waals surface area contributed by atoms with E-state index in [4.69, 9.17) is 9.51 Å². The predicted molar refractivity (Wildman–Crippen MR) is 109 cm³/mol. The molecule has 0 saturated carbocycles. The van der Waals surface area contributed by atoms with Crippen LogP contribution in [0, 0.1) is 5.82 Å². The second kappa shape index (κ2) is 7.46. The van der Waals surface area contributed by atoms with Gasteiger partial charge in [-0.3, -0.25) is 4.90 Å². The van der Waals surface area contributed by atoms with Crippen LogP contribution in [0.15, 0.2) is 66.0 Å². The predicted octanol–water partition coefficient (Wildman–Crippen LogP) is 3.76. The van der Waals surface area contributed by atoms with Gasteiger partial charge in [-0.1, -0.05) is 5.16 Å². The summed E-state index contributed by atoms with van der Waals surface area (Å²) in [5.74, 6) is -0.270. The molecule has 5 rings (SSSR count). The number of nitrogens with zero attached hydrogens (tertiary/aromatic N) is 6. The zero-order chi connectivity index (χ0) is 20.6. The largest absolute Gasteiger partial charge is 0.364 e. The van der Waals surface area contributed by atoms with Crippen LogP contribution in [0.4, 0.5) is 4.39 Å². The number of benzene rings is 1. The van der Waals surface area contributed by atoms with Gasteiger partial charge in [-0.05, 0) is 43.7 Å². The van der Waals surface area contributed by atoms with Crippen LogP contribution in [-0.4, -0.2) is 42.7 Å². The molecule has 0 bridgehead atoms. The van der Waals surface area contributed by atoms with Gasteiger partial charge in [0.1, 0.15) is 18.4 Å². The highest BCUT2D eigenvalue weighted by atomic mass is 19.1. The lowest BCUT2D eigenvalue weighted by molar-refractivity contribution is 0.262. The molecule has 0 spiro atoms. The fourth-order valence-corrected chi connectivity index (χ4v) is 4.17. The molecule has 152 valence electrons. The first-order valence-electron chi connectivity index (χ1n) is 9.84. The molecular weight excluding hydrogens is 383 g/mol. The third-order valence-corrected chi connectivity index (χ3v) is 5.70. The molecule has 0 radical (unpaired) electrons. The minimum atomic E-state index is -0.270. The summed E-state index contributed by atoms with van der Waals surface area (Å²) in [6.45, 7) is 4.76. The highest BCUT2D eigenvalue weighted by Gasteiger charge is 2.38. The lowest BCUT2D eigenvalue weighted by Crippen LogP contribution is -2.34. The summed E-state index contributed by atoms with van der Waals surface area (Å²) in [5.41, 5.74) is 4.09. The molecule has 1 aliphatic heterocycles. The Balaban J connectivity index is 1.54. The van der Waals surface area contributed by atoms with Crippen LogP contribution >= 0.6 is 0 Å². The second-order valence-corrected chi connectivity index (χ2v) is 7.86. The first-order valence-corrected chi connectivity index (χ1v) is 9.84. The van der Waals surface area contributed by atoms with Gasteiger partial charge >= 0.3 is 0 Å². The Bertz CT molecular complexity index is 1130. The van der Waals surface area contributed by atoms with E-state index >= 15 is 0 Å². The van der Waals surface area contributed by atoms with Crippen molar-refractivity contribution < 1.29 is 8.91 Å². The Morgan fingerprint density at radius 1 is 1.13 bits per heavy atom. The van der Waals surface area contributed by atoms with Crippen molar-refractivity contribution in [1.82, 2.24) is 29.6 Å². The molecule has 1 saturated heterocycles. The molecule has 4 heterocycles. The molecule has 30 heavy (non-hydrogen) atoms. The van der Waals surface area contributed by atoms with E-state index in [1.807, 2.05) is 18.5 Å². The minimum absolute atomic E-state index is 0.171. The maximum absolute atomic E-state index is 13.5. The van der Waals surface area contributed by atoms with Gasteiger partial charge < -0.3 is 9.09 Å². The maximum Gasteiger partial charge on any atom is 0.124 e. The van der Waals surface area contributed by atoms with Crippen molar-refractivity contribution in [2.45, 2.75) is 25.4 Å². The van der Waals surface area contributed by atoms with Gasteiger partial charge in [-0.15, -0.1) is 0 Å². The number of imidazole rings is 1. The highest BCUT2D eigenvalue weighted by molar-refractivity contribution is 5.76. The zero-order valence-electron chi connectivity index (χ0n) is 16.6. The van der Waals surface area contributed by atoms with Gasteiger partial charge in [-0.2, -0.15) is 0 Å². The highest BCUT2D eigenvalue weighted by Crippen LogP contribution is 2.38. The Labute approximate surface area is 173 Å². The number of hydrogen-bond donors (Lipinski definition) is 0. The van der Waals surface area contributed by atoms with Crippen molar-refractivity contribution in [1.29, 1.82) is 0 Å². The second-order valence-electron chi connectivity index (χ2n) is 7.86. The smallest absolute Gasteiger partial charge is 0.124 e. The standard InChI is InChI=1S/C22H21FN6O/c1-22(8-10-28(13-22)12-18-7-11-30-27-18)29-15-26-20(16-2-4-17(23)5-3-16)21(29)19-6-9-24-14-25-19/h2-7,9,11,14-15H,8,10,12-13H2,1H3. The average Bonchev–Trinajstić information content (AvgIpc) is 3.50. The summed E-state index contributed by atoms with van der Waals surface area (Å²) >= 11 is 0. The molecule has 1 aliphatic rings. The molecule has 1 atom stereocenters. The van der Waals surface area contributed by atoms with Crippen LogP contribution < -0.4 is 0 Å². The van der Waals surface area contributed by atoms with Crippen LogP contribution in [0.3, 0.4) is 0 Å². The molecule has 1 fully saturated rings. The molecule has 4 aromatic rings. The molecule has 0 N–H and O–H groups in total.